The molecule has 0 amide bonds. The van der Waals surface area contributed by atoms with Crippen LogP contribution in [0.1, 0.15) is 35.8 Å². The van der Waals surface area contributed by atoms with Crippen LogP contribution >= 0.6 is 0 Å². The summed E-state index contributed by atoms with van der Waals surface area (Å²) in [4.78, 5) is 0. The Kier molecular flexibility index (Phi) is 6.52. The predicted octanol–water partition coefficient (Wildman–Crippen LogP) is 4.34. The van der Waals surface area contributed by atoms with Crippen molar-refractivity contribution in [1.82, 2.24) is 4.31 Å². The lowest BCUT2D eigenvalue weighted by Gasteiger charge is -2.39. The number of hydrogen-bond donors (Lipinski definition) is 1. The van der Waals surface area contributed by atoms with E-state index in [9.17, 15) is 13.5 Å². The lowest BCUT2D eigenvalue weighted by Crippen LogP contribution is -2.45. The molecule has 0 fully saturated rings. The van der Waals surface area contributed by atoms with Crippen molar-refractivity contribution in [2.75, 3.05) is 13.1 Å². The molecule has 0 aromatic heterocycles. The van der Waals surface area contributed by atoms with Crippen molar-refractivity contribution >= 4 is 10.0 Å². The van der Waals surface area contributed by atoms with Crippen LogP contribution in [0.15, 0.2) is 91.0 Å². The van der Waals surface area contributed by atoms with Gasteiger partial charge in [0.15, 0.2) is 0 Å². The minimum atomic E-state index is -3.89. The third-order valence-electron chi connectivity index (χ3n) is 5.27. The summed E-state index contributed by atoms with van der Waals surface area (Å²) in [5.74, 6) is 0. The summed E-state index contributed by atoms with van der Waals surface area (Å²) < 4.78 is 29.1. The summed E-state index contributed by atoms with van der Waals surface area (Å²) in [6.07, 6.45) is 0. The molecule has 1 N–H and O–H groups in total. The lowest BCUT2D eigenvalue weighted by molar-refractivity contribution is 0.0727. The Bertz CT molecular complexity index is 962. The van der Waals surface area contributed by atoms with Crippen LogP contribution in [0.3, 0.4) is 0 Å². The Hall–Kier alpha value is -2.47. The van der Waals surface area contributed by atoms with Crippen LogP contribution in [0.2, 0.25) is 0 Å². The first-order valence-corrected chi connectivity index (χ1v) is 11.3. The maximum absolute atomic E-state index is 13.9. The van der Waals surface area contributed by atoms with Crippen molar-refractivity contribution in [2.24, 2.45) is 0 Å². The Balaban J connectivity index is 2.36. The topological polar surface area (TPSA) is 57.6 Å². The second kappa shape index (κ2) is 8.91. The number of sulfonamides is 1. The molecule has 0 aliphatic carbocycles. The maximum atomic E-state index is 13.9. The molecule has 0 spiro atoms. The van der Waals surface area contributed by atoms with Gasteiger partial charge in [0, 0.05) is 13.1 Å². The van der Waals surface area contributed by atoms with Gasteiger partial charge in [-0.25, -0.2) is 12.7 Å². The largest absolute Gasteiger partial charge is 0.379 e. The Labute approximate surface area is 173 Å². The molecular weight excluding hydrogens is 382 g/mol. The molecule has 3 aromatic carbocycles. The first kappa shape index (κ1) is 21.2. The van der Waals surface area contributed by atoms with E-state index in [0.29, 0.717) is 29.8 Å². The monoisotopic (exact) mass is 409 g/mol. The molecule has 5 heteroatoms. The molecule has 0 heterocycles. The number of benzene rings is 3. The predicted molar refractivity (Wildman–Crippen MR) is 117 cm³/mol. The lowest BCUT2D eigenvalue weighted by atomic mass is 9.81. The SMILES string of the molecule is CCN(CC)S(=O)(=O)C(c1ccccc1)C(O)(c1ccccc1)c1ccccc1. The minimum Gasteiger partial charge on any atom is -0.379 e. The van der Waals surface area contributed by atoms with Gasteiger partial charge in [0.2, 0.25) is 10.0 Å². The van der Waals surface area contributed by atoms with E-state index in [0.717, 1.165) is 0 Å². The second-order valence-electron chi connectivity index (χ2n) is 6.92. The van der Waals surface area contributed by atoms with E-state index in [2.05, 4.69) is 0 Å². The van der Waals surface area contributed by atoms with Crippen LogP contribution in [0, 0.1) is 0 Å². The molecule has 0 saturated carbocycles. The van der Waals surface area contributed by atoms with Gasteiger partial charge in [-0.3, -0.25) is 0 Å². The van der Waals surface area contributed by atoms with E-state index >= 15 is 0 Å². The van der Waals surface area contributed by atoms with Crippen molar-refractivity contribution in [3.8, 4) is 0 Å². The average molecular weight is 410 g/mol. The highest BCUT2D eigenvalue weighted by molar-refractivity contribution is 7.89. The zero-order chi connectivity index (χ0) is 20.9. The summed E-state index contributed by atoms with van der Waals surface area (Å²) in [5, 5.41) is 11.0. The molecule has 0 saturated heterocycles. The zero-order valence-corrected chi connectivity index (χ0v) is 17.6. The van der Waals surface area contributed by atoms with E-state index in [4.69, 9.17) is 0 Å². The van der Waals surface area contributed by atoms with Gasteiger partial charge in [-0.2, -0.15) is 0 Å². The number of nitrogens with zero attached hydrogens (tertiary/aromatic N) is 1. The fraction of sp³-hybridized carbons (Fsp3) is 0.250. The number of aliphatic hydroxyl groups is 1. The van der Waals surface area contributed by atoms with Crippen molar-refractivity contribution in [3.05, 3.63) is 108 Å². The molecule has 0 radical (unpaired) electrons. The van der Waals surface area contributed by atoms with Crippen LogP contribution in [-0.2, 0) is 15.6 Å². The van der Waals surface area contributed by atoms with Gasteiger partial charge in [-0.05, 0) is 16.7 Å². The number of hydrogen-bond acceptors (Lipinski definition) is 3. The van der Waals surface area contributed by atoms with Crippen LogP contribution in [0.25, 0.3) is 0 Å². The zero-order valence-electron chi connectivity index (χ0n) is 16.8. The molecular formula is C24H27NO3S. The molecule has 0 bridgehead atoms. The standard InChI is InChI=1S/C24H27NO3S/c1-3-25(4-2)29(27,28)23(20-14-8-5-9-15-20)24(26,21-16-10-6-11-17-21)22-18-12-7-13-19-22/h5-19,23,26H,3-4H2,1-2H3. The third kappa shape index (κ3) is 3.99. The quantitative estimate of drug-likeness (QED) is 0.602. The van der Waals surface area contributed by atoms with Gasteiger partial charge < -0.3 is 5.11 Å². The van der Waals surface area contributed by atoms with Crippen LogP contribution in [0.5, 0.6) is 0 Å². The van der Waals surface area contributed by atoms with E-state index in [-0.39, 0.29) is 0 Å². The number of rotatable bonds is 8. The fourth-order valence-electron chi connectivity index (χ4n) is 3.84. The first-order valence-electron chi connectivity index (χ1n) is 9.83. The molecule has 29 heavy (non-hydrogen) atoms. The van der Waals surface area contributed by atoms with Gasteiger partial charge in [0.1, 0.15) is 10.9 Å². The van der Waals surface area contributed by atoms with Crippen LogP contribution in [0.4, 0.5) is 0 Å². The molecule has 0 aliphatic heterocycles. The van der Waals surface area contributed by atoms with E-state index < -0.39 is 20.9 Å². The van der Waals surface area contributed by atoms with Crippen molar-refractivity contribution in [3.63, 3.8) is 0 Å². The molecule has 3 aromatic rings. The Morgan fingerprint density at radius 3 is 1.52 bits per heavy atom. The maximum Gasteiger partial charge on any atom is 0.224 e. The molecule has 152 valence electrons. The van der Waals surface area contributed by atoms with Crippen molar-refractivity contribution < 1.29 is 13.5 Å². The molecule has 1 atom stereocenters. The summed E-state index contributed by atoms with van der Waals surface area (Å²) in [6.45, 7) is 4.30. The summed E-state index contributed by atoms with van der Waals surface area (Å²) >= 11 is 0. The Morgan fingerprint density at radius 1 is 0.759 bits per heavy atom. The molecule has 3 rings (SSSR count). The average Bonchev–Trinajstić information content (AvgIpc) is 2.76. The third-order valence-corrected chi connectivity index (χ3v) is 7.72. The normalized spacial score (nSPS) is 13.4. The van der Waals surface area contributed by atoms with E-state index in [1.165, 1.54) is 4.31 Å². The minimum absolute atomic E-state index is 0.335. The fourth-order valence-corrected chi connectivity index (χ4v) is 6.07. The van der Waals surface area contributed by atoms with Gasteiger partial charge in [-0.1, -0.05) is 105 Å². The van der Waals surface area contributed by atoms with E-state index in [1.807, 2.05) is 56.3 Å². The molecule has 4 nitrogen and oxygen atoms in total. The molecule has 0 aliphatic rings. The highest BCUT2D eigenvalue weighted by Crippen LogP contribution is 2.46. The van der Waals surface area contributed by atoms with Gasteiger partial charge in [0.25, 0.3) is 0 Å². The van der Waals surface area contributed by atoms with Crippen molar-refractivity contribution in [2.45, 2.75) is 24.7 Å². The smallest absolute Gasteiger partial charge is 0.224 e. The molecule has 1 unspecified atom stereocenters. The van der Waals surface area contributed by atoms with Crippen LogP contribution < -0.4 is 0 Å². The highest BCUT2D eigenvalue weighted by Gasteiger charge is 2.50. The van der Waals surface area contributed by atoms with Crippen molar-refractivity contribution in [1.29, 1.82) is 0 Å². The van der Waals surface area contributed by atoms with Gasteiger partial charge in [0.05, 0.1) is 0 Å². The van der Waals surface area contributed by atoms with Gasteiger partial charge >= 0.3 is 0 Å². The van der Waals surface area contributed by atoms with Crippen LogP contribution in [-0.4, -0.2) is 30.9 Å². The summed E-state index contributed by atoms with van der Waals surface area (Å²) in [6, 6.07) is 27.1. The Morgan fingerprint density at radius 2 is 1.14 bits per heavy atom. The summed E-state index contributed by atoms with van der Waals surface area (Å²) in [7, 11) is -3.89. The second-order valence-corrected chi connectivity index (χ2v) is 8.94. The van der Waals surface area contributed by atoms with E-state index in [1.54, 1.807) is 48.5 Å². The first-order chi connectivity index (χ1) is 14.0. The van der Waals surface area contributed by atoms with Gasteiger partial charge in [-0.15, -0.1) is 0 Å². The summed E-state index contributed by atoms with van der Waals surface area (Å²) in [5.41, 5.74) is -0.133. The highest BCUT2D eigenvalue weighted by atomic mass is 32.2.